The lowest BCUT2D eigenvalue weighted by Crippen LogP contribution is -2.56. The molecule has 4 amide bonds. The SMILES string of the molecule is C=CCCCCC[C@H](NC(=O)OC(C)(C)C)C(=O)N1C[C@H](OC(=O)N2Cc3cccc(F)c3C2)C[C@H]1C(=O)N[C@]1(C(=O)OCC)CC1C=C. The molecule has 2 heterocycles. The average Bonchev–Trinajstić information content (AvgIpc) is 3.34. The second-order valence-electron chi connectivity index (χ2n) is 13.8. The summed E-state index contributed by atoms with van der Waals surface area (Å²) in [5.41, 5.74) is -1.05. The van der Waals surface area contributed by atoms with Gasteiger partial charge in [0.05, 0.1) is 19.7 Å². The van der Waals surface area contributed by atoms with Crippen molar-refractivity contribution in [3.05, 3.63) is 60.5 Å². The number of hydrogen-bond donors (Lipinski definition) is 2. The zero-order chi connectivity index (χ0) is 35.9. The van der Waals surface area contributed by atoms with Gasteiger partial charge in [-0.3, -0.25) is 14.5 Å². The van der Waals surface area contributed by atoms with Crippen LogP contribution in [-0.2, 0) is 41.7 Å². The highest BCUT2D eigenvalue weighted by molar-refractivity contribution is 5.96. The highest BCUT2D eigenvalue weighted by atomic mass is 19.1. The standard InChI is InChI=1S/C36H49FN4O8/c1-7-10-11-12-13-17-28(38-33(45)49-35(4,5)6)31(43)41-21-25(48-34(46)40-20-23-15-14-16-27(37)26(23)22-40)18-29(41)30(42)39-36(19-24(36)8-2)32(44)47-9-3/h7-8,14-16,24-25,28-29H,1-2,9-13,17-22H2,3-6H3,(H,38,45)(H,39,42)/t24?,25-,28+,29+,36-/m1/s1. The lowest BCUT2D eigenvalue weighted by molar-refractivity contribution is -0.150. The lowest BCUT2D eigenvalue weighted by Gasteiger charge is -2.30. The molecule has 4 rings (SSSR count). The number of esters is 1. The molecule has 5 atom stereocenters. The van der Waals surface area contributed by atoms with Crippen LogP contribution in [0.4, 0.5) is 14.0 Å². The maximum Gasteiger partial charge on any atom is 0.410 e. The Morgan fingerprint density at radius 1 is 1.12 bits per heavy atom. The summed E-state index contributed by atoms with van der Waals surface area (Å²) in [5.74, 6) is -2.54. The minimum Gasteiger partial charge on any atom is -0.464 e. The average molecular weight is 685 g/mol. The van der Waals surface area contributed by atoms with Crippen LogP contribution in [0.5, 0.6) is 0 Å². The summed E-state index contributed by atoms with van der Waals surface area (Å²) >= 11 is 0. The molecule has 1 saturated carbocycles. The largest absolute Gasteiger partial charge is 0.464 e. The summed E-state index contributed by atoms with van der Waals surface area (Å²) in [6.45, 7) is 14.4. The van der Waals surface area contributed by atoms with E-state index in [2.05, 4.69) is 23.8 Å². The fraction of sp³-hybridized carbons (Fsp3) is 0.583. The molecule has 3 aliphatic rings. The summed E-state index contributed by atoms with van der Waals surface area (Å²) in [7, 11) is 0. The van der Waals surface area contributed by atoms with Gasteiger partial charge in [-0.05, 0) is 65.0 Å². The first kappa shape index (κ1) is 37.4. The third-order valence-corrected chi connectivity index (χ3v) is 8.98. The van der Waals surface area contributed by atoms with Crippen LogP contribution in [0.1, 0.15) is 83.8 Å². The molecule has 1 saturated heterocycles. The van der Waals surface area contributed by atoms with Crippen molar-refractivity contribution in [1.29, 1.82) is 0 Å². The molecular weight excluding hydrogens is 635 g/mol. The van der Waals surface area contributed by atoms with Crippen molar-refractivity contribution >= 4 is 30.0 Å². The number of benzene rings is 1. The van der Waals surface area contributed by atoms with E-state index in [1.165, 1.54) is 15.9 Å². The van der Waals surface area contributed by atoms with Gasteiger partial charge in [-0.25, -0.2) is 18.8 Å². The van der Waals surface area contributed by atoms with Crippen LogP contribution < -0.4 is 10.6 Å². The van der Waals surface area contributed by atoms with E-state index in [9.17, 15) is 28.4 Å². The molecule has 0 bridgehead atoms. The van der Waals surface area contributed by atoms with Crippen LogP contribution in [0.3, 0.4) is 0 Å². The van der Waals surface area contributed by atoms with E-state index in [4.69, 9.17) is 14.2 Å². The lowest BCUT2D eigenvalue weighted by atomic mass is 10.0. The van der Waals surface area contributed by atoms with E-state index in [0.717, 1.165) is 19.3 Å². The third kappa shape index (κ3) is 9.18. The van der Waals surface area contributed by atoms with Crippen LogP contribution >= 0.6 is 0 Å². The number of carbonyl (C=O) groups excluding carboxylic acids is 5. The molecule has 0 aromatic heterocycles. The topological polar surface area (TPSA) is 144 Å². The predicted molar refractivity (Wildman–Crippen MR) is 178 cm³/mol. The number of carbonyl (C=O) groups is 5. The van der Waals surface area contributed by atoms with Gasteiger partial charge in [-0.2, -0.15) is 0 Å². The van der Waals surface area contributed by atoms with Gasteiger partial charge in [0.25, 0.3) is 0 Å². The first-order valence-electron chi connectivity index (χ1n) is 17.0. The van der Waals surface area contributed by atoms with Crippen LogP contribution in [0.15, 0.2) is 43.5 Å². The van der Waals surface area contributed by atoms with Crippen LogP contribution in [0, 0.1) is 11.7 Å². The number of ether oxygens (including phenoxy) is 3. The fourth-order valence-electron chi connectivity index (χ4n) is 6.39. The number of hydrogen-bond acceptors (Lipinski definition) is 8. The Hall–Kier alpha value is -4.42. The first-order valence-corrected chi connectivity index (χ1v) is 17.0. The summed E-state index contributed by atoms with van der Waals surface area (Å²) < 4.78 is 30.9. The number of allylic oxidation sites excluding steroid dienone is 1. The molecule has 1 aromatic rings. The Labute approximate surface area is 287 Å². The molecule has 13 heteroatoms. The Kier molecular flexibility index (Phi) is 12.1. The number of rotatable bonds is 14. The van der Waals surface area contributed by atoms with Gasteiger partial charge < -0.3 is 29.7 Å². The molecule has 268 valence electrons. The number of unbranched alkanes of at least 4 members (excludes halogenated alkanes) is 3. The van der Waals surface area contributed by atoms with Gasteiger partial charge >= 0.3 is 18.2 Å². The number of fused-ring (bicyclic) bond motifs is 1. The molecule has 1 aliphatic carbocycles. The van der Waals surface area contributed by atoms with E-state index < -0.39 is 65.1 Å². The van der Waals surface area contributed by atoms with E-state index in [-0.39, 0.29) is 45.0 Å². The van der Waals surface area contributed by atoms with Crippen molar-refractivity contribution in [2.24, 2.45) is 5.92 Å². The number of nitrogens with zero attached hydrogens (tertiary/aromatic N) is 2. The molecule has 0 radical (unpaired) electrons. The summed E-state index contributed by atoms with van der Waals surface area (Å²) in [6, 6.07) is 2.47. The van der Waals surface area contributed by atoms with Crippen molar-refractivity contribution in [1.82, 2.24) is 20.4 Å². The number of amides is 4. The third-order valence-electron chi connectivity index (χ3n) is 8.98. The Morgan fingerprint density at radius 2 is 1.88 bits per heavy atom. The van der Waals surface area contributed by atoms with Gasteiger partial charge in [0.1, 0.15) is 35.1 Å². The number of nitrogens with one attached hydrogen (secondary N) is 2. The molecule has 12 nitrogen and oxygen atoms in total. The number of halogens is 1. The van der Waals surface area contributed by atoms with Gasteiger partial charge in [-0.1, -0.05) is 37.1 Å². The van der Waals surface area contributed by atoms with Gasteiger partial charge in [0.2, 0.25) is 11.8 Å². The summed E-state index contributed by atoms with van der Waals surface area (Å²) in [5, 5.41) is 5.50. The second-order valence-corrected chi connectivity index (χ2v) is 13.8. The number of alkyl carbamates (subject to hydrolysis) is 1. The Morgan fingerprint density at radius 3 is 2.51 bits per heavy atom. The van der Waals surface area contributed by atoms with Gasteiger partial charge in [-0.15, -0.1) is 13.2 Å². The Balaban J connectivity index is 1.55. The van der Waals surface area contributed by atoms with Crippen molar-refractivity contribution in [2.75, 3.05) is 13.2 Å². The van der Waals surface area contributed by atoms with Crippen molar-refractivity contribution < 1.29 is 42.6 Å². The van der Waals surface area contributed by atoms with Crippen LogP contribution in [0.25, 0.3) is 0 Å². The molecule has 2 N–H and O–H groups in total. The smallest absolute Gasteiger partial charge is 0.410 e. The molecule has 1 aromatic carbocycles. The van der Waals surface area contributed by atoms with Crippen LogP contribution in [-0.4, -0.2) is 82.2 Å². The van der Waals surface area contributed by atoms with Crippen molar-refractivity contribution in [2.45, 2.75) is 115 Å². The highest BCUT2D eigenvalue weighted by Gasteiger charge is 2.62. The molecule has 1 unspecified atom stereocenters. The molecule has 2 fully saturated rings. The van der Waals surface area contributed by atoms with E-state index in [0.29, 0.717) is 24.0 Å². The van der Waals surface area contributed by atoms with Crippen LogP contribution in [0.2, 0.25) is 0 Å². The molecule has 49 heavy (non-hydrogen) atoms. The molecular formula is C36H49FN4O8. The van der Waals surface area contributed by atoms with E-state index in [1.54, 1.807) is 45.9 Å². The second kappa shape index (κ2) is 15.9. The summed E-state index contributed by atoms with van der Waals surface area (Å²) in [6.07, 6.45) is 4.53. The van der Waals surface area contributed by atoms with Crippen molar-refractivity contribution in [3.8, 4) is 0 Å². The van der Waals surface area contributed by atoms with Gasteiger partial charge in [0, 0.05) is 24.4 Å². The monoisotopic (exact) mass is 684 g/mol. The maximum absolute atomic E-state index is 14.4. The quantitative estimate of drug-likeness (QED) is 0.122. The Bertz CT molecular complexity index is 1440. The minimum atomic E-state index is -1.32. The van der Waals surface area contributed by atoms with E-state index in [1.807, 2.05) is 6.08 Å². The highest BCUT2D eigenvalue weighted by Crippen LogP contribution is 2.45. The first-order chi connectivity index (χ1) is 23.2. The van der Waals surface area contributed by atoms with E-state index >= 15 is 0 Å². The fourth-order valence-corrected chi connectivity index (χ4v) is 6.39. The van der Waals surface area contributed by atoms with Gasteiger partial charge in [0.15, 0.2) is 0 Å². The van der Waals surface area contributed by atoms with Crippen molar-refractivity contribution in [3.63, 3.8) is 0 Å². The molecule has 0 spiro atoms. The number of likely N-dealkylation sites (tertiary alicyclic amines) is 1. The zero-order valence-electron chi connectivity index (χ0n) is 28.9. The maximum atomic E-state index is 14.4. The predicted octanol–water partition coefficient (Wildman–Crippen LogP) is 4.90. The molecule has 2 aliphatic heterocycles. The minimum absolute atomic E-state index is 0.0266. The normalized spacial score (nSPS) is 23.2. The summed E-state index contributed by atoms with van der Waals surface area (Å²) in [4.78, 5) is 69.9. The zero-order valence-corrected chi connectivity index (χ0v) is 28.9.